The lowest BCUT2D eigenvalue weighted by Gasteiger charge is -2.29. The van der Waals surface area contributed by atoms with Crippen molar-refractivity contribution in [2.75, 3.05) is 13.1 Å². The van der Waals surface area contributed by atoms with E-state index in [1.165, 1.54) is 12.1 Å². The van der Waals surface area contributed by atoms with Gasteiger partial charge in [-0.3, -0.25) is 4.79 Å². The number of piperidine rings is 1. The minimum Gasteiger partial charge on any atom is -0.478 e. The molecule has 0 bridgehead atoms. The zero-order valence-corrected chi connectivity index (χ0v) is 12.8. The summed E-state index contributed by atoms with van der Waals surface area (Å²) in [6, 6.07) is 4.25. The van der Waals surface area contributed by atoms with Crippen LogP contribution < -0.4 is 10.5 Å². The number of nitrogens with zero attached hydrogens (tertiary/aromatic N) is 1. The Kier molecular flexibility index (Phi) is 5.12. The van der Waals surface area contributed by atoms with Crippen LogP contribution in [0.1, 0.15) is 31.7 Å². The molecule has 0 aromatic heterocycles. The highest BCUT2D eigenvalue weighted by Gasteiger charge is 2.24. The second kappa shape index (κ2) is 6.85. The smallest absolute Gasteiger partial charge is 0.263 e. The zero-order valence-electron chi connectivity index (χ0n) is 12.0. The molecule has 1 aliphatic heterocycles. The van der Waals surface area contributed by atoms with Gasteiger partial charge in [0.05, 0.1) is 0 Å². The predicted molar refractivity (Wildman–Crippen MR) is 82.8 cm³/mol. The van der Waals surface area contributed by atoms with Crippen LogP contribution in [0.4, 0.5) is 4.39 Å². The molecular formula is C15H19FN2O2S. The lowest BCUT2D eigenvalue weighted by molar-refractivity contribution is -0.138. The monoisotopic (exact) mass is 310 g/mol. The van der Waals surface area contributed by atoms with E-state index in [0.717, 1.165) is 32.4 Å². The molecule has 1 saturated heterocycles. The molecule has 2 N–H and O–H groups in total. The number of thiocarbonyl (C=S) groups is 1. The molecule has 0 saturated carbocycles. The Morgan fingerprint density at radius 3 is 2.62 bits per heavy atom. The van der Waals surface area contributed by atoms with Crippen molar-refractivity contribution in [1.82, 2.24) is 4.90 Å². The quantitative estimate of drug-likeness (QED) is 0.867. The van der Waals surface area contributed by atoms with Gasteiger partial charge in [0.1, 0.15) is 4.99 Å². The highest BCUT2D eigenvalue weighted by Crippen LogP contribution is 2.21. The number of hydrogen-bond acceptors (Lipinski definition) is 3. The molecule has 6 heteroatoms. The molecule has 0 aliphatic carbocycles. The van der Waals surface area contributed by atoms with E-state index in [9.17, 15) is 9.18 Å². The molecule has 1 aliphatic rings. The van der Waals surface area contributed by atoms with E-state index < -0.39 is 11.9 Å². The Morgan fingerprint density at radius 1 is 1.38 bits per heavy atom. The number of hydrogen-bond donors (Lipinski definition) is 1. The van der Waals surface area contributed by atoms with Crippen molar-refractivity contribution in [2.24, 2.45) is 5.73 Å². The highest BCUT2D eigenvalue weighted by molar-refractivity contribution is 7.80. The van der Waals surface area contributed by atoms with Crippen LogP contribution in [0.2, 0.25) is 0 Å². The lowest BCUT2D eigenvalue weighted by atomic mass is 10.1. The summed E-state index contributed by atoms with van der Waals surface area (Å²) >= 11 is 4.79. The van der Waals surface area contributed by atoms with Gasteiger partial charge in [0.15, 0.2) is 17.7 Å². The van der Waals surface area contributed by atoms with Gasteiger partial charge in [0, 0.05) is 18.7 Å². The van der Waals surface area contributed by atoms with Crippen molar-refractivity contribution in [3.05, 3.63) is 29.6 Å². The summed E-state index contributed by atoms with van der Waals surface area (Å²) < 4.78 is 19.4. The molecule has 21 heavy (non-hydrogen) atoms. The van der Waals surface area contributed by atoms with Crippen LogP contribution >= 0.6 is 12.2 Å². The van der Waals surface area contributed by atoms with Crippen LogP contribution in [0.25, 0.3) is 0 Å². The zero-order chi connectivity index (χ0) is 15.4. The summed E-state index contributed by atoms with van der Waals surface area (Å²) in [6.07, 6.45) is 2.45. The van der Waals surface area contributed by atoms with Gasteiger partial charge in [-0.2, -0.15) is 0 Å². The average molecular weight is 310 g/mol. The van der Waals surface area contributed by atoms with Gasteiger partial charge in [-0.15, -0.1) is 0 Å². The normalized spacial score (nSPS) is 16.4. The van der Waals surface area contributed by atoms with Crippen molar-refractivity contribution >= 4 is 23.1 Å². The van der Waals surface area contributed by atoms with Crippen LogP contribution in [0, 0.1) is 5.82 Å². The Labute approximate surface area is 129 Å². The van der Waals surface area contributed by atoms with Crippen LogP contribution in [-0.2, 0) is 4.79 Å². The first-order valence-corrected chi connectivity index (χ1v) is 7.44. The summed E-state index contributed by atoms with van der Waals surface area (Å²) in [5, 5.41) is 0. The summed E-state index contributed by atoms with van der Waals surface area (Å²) in [5.74, 6) is -0.640. The summed E-state index contributed by atoms with van der Waals surface area (Å²) in [5.41, 5.74) is 5.88. The van der Waals surface area contributed by atoms with Crippen molar-refractivity contribution < 1.29 is 13.9 Å². The molecule has 1 heterocycles. The topological polar surface area (TPSA) is 55.6 Å². The number of carbonyl (C=O) groups excluding carboxylic acids is 1. The molecule has 1 aromatic rings. The summed E-state index contributed by atoms with van der Waals surface area (Å²) in [4.78, 5) is 14.1. The number of carbonyl (C=O) groups is 1. The molecule has 1 fully saturated rings. The summed E-state index contributed by atoms with van der Waals surface area (Å²) in [7, 11) is 0. The third kappa shape index (κ3) is 3.91. The maximum atomic E-state index is 13.9. The predicted octanol–water partition coefficient (Wildman–Crippen LogP) is 2.24. The first-order valence-electron chi connectivity index (χ1n) is 7.04. The minimum absolute atomic E-state index is 0.0351. The number of nitrogens with two attached hydrogens (primary N) is 1. The lowest BCUT2D eigenvalue weighted by Crippen LogP contribution is -2.43. The molecule has 1 aromatic carbocycles. The van der Waals surface area contributed by atoms with E-state index in [-0.39, 0.29) is 16.6 Å². The molecule has 1 atom stereocenters. The third-order valence-corrected chi connectivity index (χ3v) is 3.77. The second-order valence-electron chi connectivity index (χ2n) is 5.16. The van der Waals surface area contributed by atoms with Crippen LogP contribution in [0.5, 0.6) is 5.75 Å². The largest absolute Gasteiger partial charge is 0.478 e. The Hall–Kier alpha value is -1.69. The molecule has 114 valence electrons. The molecule has 2 rings (SSSR count). The Balaban J connectivity index is 2.03. The first-order chi connectivity index (χ1) is 9.99. The SMILES string of the molecule is CC(Oc1ccc(C(N)=S)cc1F)C(=O)N1CCCCC1. The van der Waals surface area contributed by atoms with Gasteiger partial charge in [-0.1, -0.05) is 12.2 Å². The van der Waals surface area contributed by atoms with Gasteiger partial charge >= 0.3 is 0 Å². The second-order valence-corrected chi connectivity index (χ2v) is 5.60. The number of halogens is 1. The first kappa shape index (κ1) is 15.7. The molecule has 4 nitrogen and oxygen atoms in total. The number of rotatable bonds is 4. The number of likely N-dealkylation sites (tertiary alicyclic amines) is 1. The number of amides is 1. The number of ether oxygens (including phenoxy) is 1. The molecule has 1 unspecified atom stereocenters. The minimum atomic E-state index is -0.715. The van der Waals surface area contributed by atoms with Crippen molar-refractivity contribution in [3.63, 3.8) is 0 Å². The van der Waals surface area contributed by atoms with Crippen molar-refractivity contribution in [1.29, 1.82) is 0 Å². The maximum Gasteiger partial charge on any atom is 0.263 e. The molecule has 1 amide bonds. The molecular weight excluding hydrogens is 291 g/mol. The molecule has 0 spiro atoms. The average Bonchev–Trinajstić information content (AvgIpc) is 2.49. The van der Waals surface area contributed by atoms with Crippen molar-refractivity contribution in [2.45, 2.75) is 32.3 Å². The van der Waals surface area contributed by atoms with Crippen LogP contribution in [0.3, 0.4) is 0 Å². The van der Waals surface area contributed by atoms with E-state index in [2.05, 4.69) is 0 Å². The fourth-order valence-electron chi connectivity index (χ4n) is 2.36. The highest BCUT2D eigenvalue weighted by atomic mass is 32.1. The molecule has 0 radical (unpaired) electrons. The fraction of sp³-hybridized carbons (Fsp3) is 0.467. The summed E-state index contributed by atoms with van der Waals surface area (Å²) in [6.45, 7) is 3.13. The van der Waals surface area contributed by atoms with Crippen LogP contribution in [-0.4, -0.2) is 35.0 Å². The van der Waals surface area contributed by atoms with Gasteiger partial charge in [0.2, 0.25) is 0 Å². The Bertz CT molecular complexity index is 544. The standard InChI is InChI=1S/C15H19FN2O2S/c1-10(15(19)18-7-3-2-4-8-18)20-13-6-5-11(14(17)21)9-12(13)16/h5-6,9-10H,2-4,7-8H2,1H3,(H2,17,21). The maximum absolute atomic E-state index is 13.9. The Morgan fingerprint density at radius 2 is 2.05 bits per heavy atom. The fourth-order valence-corrected chi connectivity index (χ4v) is 2.49. The van der Waals surface area contributed by atoms with Gasteiger partial charge in [-0.25, -0.2) is 4.39 Å². The van der Waals surface area contributed by atoms with E-state index in [0.29, 0.717) is 5.56 Å². The van der Waals surface area contributed by atoms with E-state index in [1.54, 1.807) is 17.9 Å². The van der Waals surface area contributed by atoms with Gasteiger partial charge in [-0.05, 0) is 44.4 Å². The van der Waals surface area contributed by atoms with Gasteiger partial charge < -0.3 is 15.4 Å². The van der Waals surface area contributed by atoms with Crippen molar-refractivity contribution in [3.8, 4) is 5.75 Å². The third-order valence-electron chi connectivity index (χ3n) is 3.54. The number of benzene rings is 1. The van der Waals surface area contributed by atoms with Crippen LogP contribution in [0.15, 0.2) is 18.2 Å². The van der Waals surface area contributed by atoms with E-state index in [1.807, 2.05) is 0 Å². The van der Waals surface area contributed by atoms with Gasteiger partial charge in [0.25, 0.3) is 5.91 Å². The van der Waals surface area contributed by atoms with E-state index in [4.69, 9.17) is 22.7 Å². The van der Waals surface area contributed by atoms with E-state index >= 15 is 0 Å².